The van der Waals surface area contributed by atoms with Crippen molar-refractivity contribution in [3.8, 4) is 0 Å². The first-order valence-electron chi connectivity index (χ1n) is 11.1. The predicted molar refractivity (Wildman–Crippen MR) is 131 cm³/mol. The van der Waals surface area contributed by atoms with Crippen LogP contribution in [0.5, 0.6) is 0 Å². The summed E-state index contributed by atoms with van der Waals surface area (Å²) in [6.07, 6.45) is 1.77. The quantitative estimate of drug-likeness (QED) is 0.349. The molecule has 4 rings (SSSR count). The van der Waals surface area contributed by atoms with Gasteiger partial charge in [0.1, 0.15) is 5.82 Å². The van der Waals surface area contributed by atoms with Gasteiger partial charge in [0.25, 0.3) is 5.91 Å². The summed E-state index contributed by atoms with van der Waals surface area (Å²) in [5, 5.41) is 3.43. The predicted octanol–water partition coefficient (Wildman–Crippen LogP) is 6.22. The number of carbonyl (C=O) groups excluding carboxylic acids is 1. The Hall–Kier alpha value is -3.11. The van der Waals surface area contributed by atoms with Crippen LogP contribution in [-0.4, -0.2) is 22.0 Å². The van der Waals surface area contributed by atoms with Crippen molar-refractivity contribution in [1.82, 2.24) is 14.9 Å². The normalized spacial score (nSPS) is 12.1. The zero-order chi connectivity index (χ0) is 22.5. The number of nitrogens with zero attached hydrogens (tertiary/aromatic N) is 2. The molecule has 0 spiro atoms. The van der Waals surface area contributed by atoms with Crippen LogP contribution in [0.15, 0.2) is 72.8 Å². The Bertz CT molecular complexity index is 1210. The van der Waals surface area contributed by atoms with Crippen LogP contribution in [0.25, 0.3) is 11.0 Å². The third-order valence-electron chi connectivity index (χ3n) is 5.99. The lowest BCUT2D eigenvalue weighted by Gasteiger charge is -2.13. The number of fused-ring (bicyclic) bond motifs is 1. The summed E-state index contributed by atoms with van der Waals surface area (Å²) in [5.41, 5.74) is 5.17. The molecule has 1 amide bonds. The van der Waals surface area contributed by atoms with Crippen LogP contribution in [0, 0.1) is 0 Å². The van der Waals surface area contributed by atoms with Crippen LogP contribution in [0.2, 0.25) is 5.02 Å². The van der Waals surface area contributed by atoms with Gasteiger partial charge < -0.3 is 9.88 Å². The van der Waals surface area contributed by atoms with Gasteiger partial charge in [0.05, 0.1) is 21.6 Å². The number of halogens is 1. The van der Waals surface area contributed by atoms with Crippen LogP contribution in [0.4, 0.5) is 0 Å². The standard InChI is InChI=1S/C27H28ClN3O/c1-3-19(2)21-14-12-20(13-15-21)18-31-25-11-7-6-10-24(25)30-26(31)16-17-29-27(32)22-8-4-5-9-23(22)28/h4-15,19H,3,16-18H2,1-2H3,(H,29,32). The van der Waals surface area contributed by atoms with Crippen LogP contribution >= 0.6 is 11.6 Å². The molecule has 0 saturated heterocycles. The van der Waals surface area contributed by atoms with Crippen LogP contribution in [0.1, 0.15) is 53.5 Å². The summed E-state index contributed by atoms with van der Waals surface area (Å²) in [6.45, 7) is 5.70. The number of para-hydroxylation sites is 2. The highest BCUT2D eigenvalue weighted by Gasteiger charge is 2.13. The SMILES string of the molecule is CCC(C)c1ccc(Cn2c(CCNC(=O)c3ccccc3Cl)nc3ccccc32)cc1. The molecule has 1 heterocycles. The fourth-order valence-electron chi connectivity index (χ4n) is 3.89. The summed E-state index contributed by atoms with van der Waals surface area (Å²) in [4.78, 5) is 17.3. The second-order valence-electron chi connectivity index (χ2n) is 8.14. The van der Waals surface area contributed by atoms with Gasteiger partial charge in [0.2, 0.25) is 0 Å². The van der Waals surface area contributed by atoms with E-state index in [2.05, 4.69) is 54.1 Å². The van der Waals surface area contributed by atoms with Gasteiger partial charge in [0.15, 0.2) is 0 Å². The maximum absolute atomic E-state index is 12.5. The monoisotopic (exact) mass is 445 g/mol. The molecule has 0 bridgehead atoms. The van der Waals surface area contributed by atoms with Crippen molar-refractivity contribution in [1.29, 1.82) is 0 Å². The van der Waals surface area contributed by atoms with Crippen molar-refractivity contribution < 1.29 is 4.79 Å². The number of benzene rings is 3. The first kappa shape index (κ1) is 22.1. The van der Waals surface area contributed by atoms with Gasteiger partial charge in [-0.25, -0.2) is 4.98 Å². The summed E-state index contributed by atoms with van der Waals surface area (Å²) >= 11 is 6.15. The molecule has 0 fully saturated rings. The Kier molecular flexibility index (Phi) is 6.91. The molecule has 1 N–H and O–H groups in total. The molecule has 3 aromatic carbocycles. The number of nitrogens with one attached hydrogen (secondary N) is 1. The number of amides is 1. The van der Waals surface area contributed by atoms with Crippen LogP contribution in [0.3, 0.4) is 0 Å². The minimum atomic E-state index is -0.168. The van der Waals surface area contributed by atoms with E-state index in [0.29, 0.717) is 29.5 Å². The van der Waals surface area contributed by atoms with Crippen molar-refractivity contribution in [2.45, 2.75) is 39.2 Å². The van der Waals surface area contributed by atoms with E-state index in [1.807, 2.05) is 30.3 Å². The van der Waals surface area contributed by atoms with E-state index >= 15 is 0 Å². The van der Waals surface area contributed by atoms with Gasteiger partial charge in [-0.2, -0.15) is 0 Å². The maximum atomic E-state index is 12.5. The van der Waals surface area contributed by atoms with Gasteiger partial charge in [0, 0.05) is 19.5 Å². The van der Waals surface area contributed by atoms with E-state index in [-0.39, 0.29) is 5.91 Å². The Morgan fingerprint density at radius 2 is 1.75 bits per heavy atom. The van der Waals surface area contributed by atoms with Crippen molar-refractivity contribution in [2.24, 2.45) is 0 Å². The summed E-state index contributed by atoms with van der Waals surface area (Å²) in [5.74, 6) is 1.35. The number of hydrogen-bond acceptors (Lipinski definition) is 2. The molecule has 4 aromatic rings. The largest absolute Gasteiger partial charge is 0.352 e. The molecule has 1 atom stereocenters. The molecule has 5 heteroatoms. The van der Waals surface area contributed by atoms with E-state index in [4.69, 9.17) is 16.6 Å². The Balaban J connectivity index is 1.51. The lowest BCUT2D eigenvalue weighted by atomic mass is 9.98. The maximum Gasteiger partial charge on any atom is 0.252 e. The Labute approximate surface area is 194 Å². The van der Waals surface area contributed by atoms with Gasteiger partial charge >= 0.3 is 0 Å². The molecule has 0 radical (unpaired) electrons. The second kappa shape index (κ2) is 10.0. The first-order valence-corrected chi connectivity index (χ1v) is 11.5. The van der Waals surface area contributed by atoms with E-state index < -0.39 is 0 Å². The average molecular weight is 446 g/mol. The van der Waals surface area contributed by atoms with Gasteiger partial charge in [-0.15, -0.1) is 0 Å². The topological polar surface area (TPSA) is 46.9 Å². The second-order valence-corrected chi connectivity index (χ2v) is 8.55. The molecular formula is C27H28ClN3O. The lowest BCUT2D eigenvalue weighted by molar-refractivity contribution is 0.0954. The average Bonchev–Trinajstić information content (AvgIpc) is 3.16. The van der Waals surface area contributed by atoms with Gasteiger partial charge in [-0.1, -0.05) is 74.0 Å². The molecule has 4 nitrogen and oxygen atoms in total. The number of aromatic nitrogens is 2. The molecule has 32 heavy (non-hydrogen) atoms. The molecule has 1 aromatic heterocycles. The minimum Gasteiger partial charge on any atom is -0.352 e. The highest BCUT2D eigenvalue weighted by molar-refractivity contribution is 6.33. The molecule has 1 unspecified atom stereocenters. The van der Waals surface area contributed by atoms with E-state index in [0.717, 1.165) is 29.8 Å². The Morgan fingerprint density at radius 1 is 1.03 bits per heavy atom. The van der Waals surface area contributed by atoms with Crippen molar-refractivity contribution >= 4 is 28.5 Å². The van der Waals surface area contributed by atoms with Crippen LogP contribution in [-0.2, 0) is 13.0 Å². The van der Waals surface area contributed by atoms with E-state index in [9.17, 15) is 4.79 Å². The number of rotatable bonds is 8. The highest BCUT2D eigenvalue weighted by atomic mass is 35.5. The zero-order valence-electron chi connectivity index (χ0n) is 18.5. The third-order valence-corrected chi connectivity index (χ3v) is 6.32. The zero-order valence-corrected chi connectivity index (χ0v) is 19.3. The Morgan fingerprint density at radius 3 is 2.50 bits per heavy atom. The van der Waals surface area contributed by atoms with Crippen LogP contribution < -0.4 is 5.32 Å². The fourth-order valence-corrected chi connectivity index (χ4v) is 4.11. The molecule has 164 valence electrons. The highest BCUT2D eigenvalue weighted by Crippen LogP contribution is 2.22. The summed E-state index contributed by atoms with van der Waals surface area (Å²) < 4.78 is 2.25. The van der Waals surface area contributed by atoms with Crippen molar-refractivity contribution in [3.63, 3.8) is 0 Å². The van der Waals surface area contributed by atoms with E-state index in [1.165, 1.54) is 11.1 Å². The summed E-state index contributed by atoms with van der Waals surface area (Å²) in [6, 6.07) is 24.1. The van der Waals surface area contributed by atoms with Crippen molar-refractivity contribution in [3.05, 3.63) is 100 Å². The lowest BCUT2D eigenvalue weighted by Crippen LogP contribution is -2.26. The number of hydrogen-bond donors (Lipinski definition) is 1. The van der Waals surface area contributed by atoms with E-state index in [1.54, 1.807) is 12.1 Å². The minimum absolute atomic E-state index is 0.168. The van der Waals surface area contributed by atoms with Gasteiger partial charge in [-0.05, 0) is 47.7 Å². The smallest absolute Gasteiger partial charge is 0.252 e. The summed E-state index contributed by atoms with van der Waals surface area (Å²) in [7, 11) is 0. The third kappa shape index (κ3) is 4.86. The molecule has 0 aliphatic rings. The molecule has 0 aliphatic heterocycles. The molecule has 0 aliphatic carbocycles. The van der Waals surface area contributed by atoms with Crippen molar-refractivity contribution in [2.75, 3.05) is 6.54 Å². The number of carbonyl (C=O) groups is 1. The molecular weight excluding hydrogens is 418 g/mol. The fraction of sp³-hybridized carbons (Fsp3) is 0.259. The number of imidazole rings is 1. The molecule has 0 saturated carbocycles. The van der Waals surface area contributed by atoms with Gasteiger partial charge in [-0.3, -0.25) is 4.79 Å². The first-order chi connectivity index (χ1) is 15.6.